The molecule has 0 spiro atoms. The third-order valence-electron chi connectivity index (χ3n) is 4.92. The van der Waals surface area contributed by atoms with Gasteiger partial charge in [-0.1, -0.05) is 6.92 Å². The van der Waals surface area contributed by atoms with E-state index in [1.165, 1.54) is 25.7 Å². The molecule has 1 aliphatic heterocycles. The van der Waals surface area contributed by atoms with Crippen LogP contribution >= 0.6 is 0 Å². The predicted molar refractivity (Wildman–Crippen MR) is 80.5 cm³/mol. The zero-order chi connectivity index (χ0) is 14.4. The van der Waals surface area contributed by atoms with Crippen LogP contribution in [0.1, 0.15) is 58.3 Å². The maximum Gasteiger partial charge on any atom is 0.234 e. The predicted octanol–water partition coefficient (Wildman–Crippen LogP) is 1.92. The smallest absolute Gasteiger partial charge is 0.234 e. The van der Waals surface area contributed by atoms with Crippen LogP contribution in [0.4, 0.5) is 0 Å². The van der Waals surface area contributed by atoms with Gasteiger partial charge < -0.3 is 10.4 Å². The molecule has 0 aromatic carbocycles. The molecule has 1 atom stereocenters. The highest BCUT2D eigenvalue weighted by Gasteiger charge is 2.27. The zero-order valence-electron chi connectivity index (χ0n) is 12.8. The summed E-state index contributed by atoms with van der Waals surface area (Å²) in [6, 6.07) is 0.900. The monoisotopic (exact) mass is 282 g/mol. The first kappa shape index (κ1) is 15.8. The summed E-state index contributed by atoms with van der Waals surface area (Å²) in [6.45, 7) is 4.14. The van der Waals surface area contributed by atoms with Gasteiger partial charge >= 0.3 is 0 Å². The minimum Gasteiger partial charge on any atom is -0.396 e. The molecule has 116 valence electrons. The molecule has 2 rings (SSSR count). The molecule has 1 unspecified atom stereocenters. The van der Waals surface area contributed by atoms with Crippen molar-refractivity contribution in [2.24, 2.45) is 5.92 Å². The molecule has 1 amide bonds. The van der Waals surface area contributed by atoms with E-state index in [9.17, 15) is 4.79 Å². The van der Waals surface area contributed by atoms with Crippen LogP contribution in [-0.2, 0) is 4.79 Å². The SMILES string of the molecule is CC1CCC(NC(=O)CN2CCCC2CCCO)CC1. The van der Waals surface area contributed by atoms with Crippen LogP contribution in [-0.4, -0.2) is 47.7 Å². The molecule has 0 bridgehead atoms. The van der Waals surface area contributed by atoms with E-state index in [2.05, 4.69) is 17.1 Å². The summed E-state index contributed by atoms with van der Waals surface area (Å²) in [6.07, 6.45) is 9.00. The molecule has 0 radical (unpaired) electrons. The first-order chi connectivity index (χ1) is 9.69. The number of likely N-dealkylation sites (tertiary alicyclic amines) is 1. The Bertz CT molecular complexity index is 301. The van der Waals surface area contributed by atoms with Gasteiger partial charge in [0, 0.05) is 18.7 Å². The Morgan fingerprint density at radius 2 is 2.00 bits per heavy atom. The second-order valence-corrected chi connectivity index (χ2v) is 6.66. The topological polar surface area (TPSA) is 52.6 Å². The van der Waals surface area contributed by atoms with Crippen LogP contribution in [0.15, 0.2) is 0 Å². The number of carbonyl (C=O) groups excluding carboxylic acids is 1. The number of hydrogen-bond donors (Lipinski definition) is 2. The summed E-state index contributed by atoms with van der Waals surface area (Å²) in [5, 5.41) is 12.1. The summed E-state index contributed by atoms with van der Waals surface area (Å²) in [5.41, 5.74) is 0. The van der Waals surface area contributed by atoms with Crippen molar-refractivity contribution in [3.63, 3.8) is 0 Å². The Labute approximate surface area is 122 Å². The van der Waals surface area contributed by atoms with Gasteiger partial charge in [-0.05, 0) is 63.8 Å². The minimum absolute atomic E-state index is 0.195. The van der Waals surface area contributed by atoms with Crippen molar-refractivity contribution in [2.45, 2.75) is 70.4 Å². The number of nitrogens with one attached hydrogen (secondary N) is 1. The van der Waals surface area contributed by atoms with E-state index in [-0.39, 0.29) is 12.5 Å². The molecule has 0 aromatic rings. The molecular weight excluding hydrogens is 252 g/mol. The van der Waals surface area contributed by atoms with E-state index < -0.39 is 0 Å². The van der Waals surface area contributed by atoms with Crippen LogP contribution in [0.5, 0.6) is 0 Å². The lowest BCUT2D eigenvalue weighted by atomic mass is 9.87. The van der Waals surface area contributed by atoms with Gasteiger partial charge in [0.15, 0.2) is 0 Å². The van der Waals surface area contributed by atoms with Gasteiger partial charge in [-0.15, -0.1) is 0 Å². The van der Waals surface area contributed by atoms with E-state index in [4.69, 9.17) is 5.11 Å². The van der Waals surface area contributed by atoms with Crippen LogP contribution < -0.4 is 5.32 Å². The minimum atomic E-state index is 0.195. The van der Waals surface area contributed by atoms with Gasteiger partial charge in [-0.3, -0.25) is 9.69 Å². The molecular formula is C16H30N2O2. The molecule has 2 N–H and O–H groups in total. The van der Waals surface area contributed by atoms with E-state index in [0.29, 0.717) is 18.6 Å². The number of carbonyl (C=O) groups is 1. The number of hydrogen-bond acceptors (Lipinski definition) is 3. The molecule has 4 heteroatoms. The second kappa shape index (κ2) is 7.99. The fraction of sp³-hybridized carbons (Fsp3) is 0.938. The van der Waals surface area contributed by atoms with Crippen molar-refractivity contribution in [2.75, 3.05) is 19.7 Å². The number of amides is 1. The largest absolute Gasteiger partial charge is 0.396 e. The molecule has 1 heterocycles. The quantitative estimate of drug-likeness (QED) is 0.782. The van der Waals surface area contributed by atoms with Crippen molar-refractivity contribution in [3.8, 4) is 0 Å². The first-order valence-corrected chi connectivity index (χ1v) is 8.33. The zero-order valence-corrected chi connectivity index (χ0v) is 12.8. The maximum absolute atomic E-state index is 12.2. The lowest BCUT2D eigenvalue weighted by Gasteiger charge is -2.29. The fourth-order valence-corrected chi connectivity index (χ4v) is 3.62. The number of rotatable bonds is 6. The summed E-state index contributed by atoms with van der Waals surface area (Å²) < 4.78 is 0. The number of aliphatic hydroxyl groups excluding tert-OH is 1. The molecule has 1 saturated heterocycles. The molecule has 1 aliphatic carbocycles. The maximum atomic E-state index is 12.2. The molecule has 2 fully saturated rings. The van der Waals surface area contributed by atoms with Crippen molar-refractivity contribution < 1.29 is 9.90 Å². The van der Waals surface area contributed by atoms with Gasteiger partial charge in [0.1, 0.15) is 0 Å². The Kier molecular flexibility index (Phi) is 6.30. The van der Waals surface area contributed by atoms with E-state index in [0.717, 1.165) is 38.1 Å². The highest BCUT2D eigenvalue weighted by atomic mass is 16.3. The van der Waals surface area contributed by atoms with Gasteiger partial charge in [0.05, 0.1) is 6.54 Å². The summed E-state index contributed by atoms with van der Waals surface area (Å²) in [7, 11) is 0. The van der Waals surface area contributed by atoms with Gasteiger partial charge in [0.25, 0.3) is 0 Å². The van der Waals surface area contributed by atoms with Crippen LogP contribution in [0.3, 0.4) is 0 Å². The lowest BCUT2D eigenvalue weighted by molar-refractivity contribution is -0.123. The van der Waals surface area contributed by atoms with E-state index >= 15 is 0 Å². The summed E-state index contributed by atoms with van der Waals surface area (Å²) >= 11 is 0. The first-order valence-electron chi connectivity index (χ1n) is 8.33. The van der Waals surface area contributed by atoms with Crippen molar-refractivity contribution in [1.29, 1.82) is 0 Å². The Balaban J connectivity index is 1.70. The average Bonchev–Trinajstić information content (AvgIpc) is 2.86. The summed E-state index contributed by atoms with van der Waals surface area (Å²) in [4.78, 5) is 14.5. The van der Waals surface area contributed by atoms with Crippen LogP contribution in [0.2, 0.25) is 0 Å². The van der Waals surface area contributed by atoms with Crippen molar-refractivity contribution in [3.05, 3.63) is 0 Å². The number of nitrogens with zero attached hydrogens (tertiary/aromatic N) is 1. The average molecular weight is 282 g/mol. The van der Waals surface area contributed by atoms with Crippen LogP contribution in [0, 0.1) is 5.92 Å². The fourth-order valence-electron chi connectivity index (χ4n) is 3.62. The van der Waals surface area contributed by atoms with Gasteiger partial charge in [-0.25, -0.2) is 0 Å². The van der Waals surface area contributed by atoms with E-state index in [1.807, 2.05) is 0 Å². The summed E-state index contributed by atoms with van der Waals surface area (Å²) in [5.74, 6) is 1.02. The number of aliphatic hydroxyl groups is 1. The molecule has 20 heavy (non-hydrogen) atoms. The molecule has 0 aromatic heterocycles. The Morgan fingerprint density at radius 3 is 2.70 bits per heavy atom. The Morgan fingerprint density at radius 1 is 1.25 bits per heavy atom. The molecule has 1 saturated carbocycles. The highest BCUT2D eigenvalue weighted by Crippen LogP contribution is 2.24. The third kappa shape index (κ3) is 4.74. The molecule has 2 aliphatic rings. The van der Waals surface area contributed by atoms with E-state index in [1.54, 1.807) is 0 Å². The van der Waals surface area contributed by atoms with Crippen molar-refractivity contribution >= 4 is 5.91 Å². The highest BCUT2D eigenvalue weighted by molar-refractivity contribution is 5.78. The standard InChI is InChI=1S/C16H30N2O2/c1-13-6-8-14(9-7-13)17-16(20)12-18-10-2-4-15(18)5-3-11-19/h13-15,19H,2-12H2,1H3,(H,17,20). The lowest BCUT2D eigenvalue weighted by Crippen LogP contribution is -2.44. The molecule has 4 nitrogen and oxygen atoms in total. The van der Waals surface area contributed by atoms with Gasteiger partial charge in [-0.2, -0.15) is 0 Å². The normalized spacial score (nSPS) is 31.4. The van der Waals surface area contributed by atoms with Gasteiger partial charge in [0.2, 0.25) is 5.91 Å². The third-order valence-corrected chi connectivity index (χ3v) is 4.92. The second-order valence-electron chi connectivity index (χ2n) is 6.66. The van der Waals surface area contributed by atoms with Crippen LogP contribution in [0.25, 0.3) is 0 Å². The Hall–Kier alpha value is -0.610. The van der Waals surface area contributed by atoms with Crippen molar-refractivity contribution in [1.82, 2.24) is 10.2 Å².